The molecular weight excluding hydrogens is 401 g/mol. The lowest BCUT2D eigenvalue weighted by molar-refractivity contribution is 0.408. The zero-order valence-corrected chi connectivity index (χ0v) is 16.6. The third-order valence-corrected chi connectivity index (χ3v) is 5.06. The monoisotopic (exact) mass is 429 g/mol. The van der Waals surface area contributed by atoms with Crippen LogP contribution in [0.4, 0.5) is 0 Å². The van der Waals surface area contributed by atoms with Gasteiger partial charge in [0.25, 0.3) is 0 Å². The number of benzene rings is 1. The molecule has 0 spiro atoms. The molecule has 2 aliphatic carbocycles. The first-order chi connectivity index (χ1) is 10.7. The molecule has 0 heterocycles. The van der Waals surface area contributed by atoms with Gasteiger partial charge in [0.1, 0.15) is 5.75 Å². The van der Waals surface area contributed by atoms with E-state index in [4.69, 9.17) is 4.74 Å². The lowest BCUT2D eigenvalue weighted by Crippen LogP contribution is -2.40. The van der Waals surface area contributed by atoms with Crippen LogP contribution in [0.5, 0.6) is 5.75 Å². The van der Waals surface area contributed by atoms with Crippen molar-refractivity contribution in [3.05, 3.63) is 29.3 Å². The Labute approximate surface area is 156 Å². The van der Waals surface area contributed by atoms with Gasteiger partial charge in [-0.15, -0.1) is 24.0 Å². The number of ether oxygens (including phenoxy) is 1. The van der Waals surface area contributed by atoms with Gasteiger partial charge in [-0.25, -0.2) is 0 Å². The normalized spacial score (nSPS) is 18.8. The van der Waals surface area contributed by atoms with E-state index in [1.54, 1.807) is 7.11 Å². The van der Waals surface area contributed by atoms with Gasteiger partial charge < -0.3 is 15.4 Å². The highest BCUT2D eigenvalue weighted by Crippen LogP contribution is 2.60. The molecule has 2 saturated carbocycles. The third kappa shape index (κ3) is 4.52. The molecule has 3 rings (SSSR count). The Morgan fingerprint density at radius 2 is 2.04 bits per heavy atom. The van der Waals surface area contributed by atoms with E-state index in [9.17, 15) is 0 Å². The minimum atomic E-state index is 0. The van der Waals surface area contributed by atoms with Crippen LogP contribution < -0.4 is 15.4 Å². The van der Waals surface area contributed by atoms with Crippen LogP contribution in [0.2, 0.25) is 0 Å². The van der Waals surface area contributed by atoms with Crippen molar-refractivity contribution in [3.8, 4) is 5.75 Å². The van der Waals surface area contributed by atoms with E-state index in [0.29, 0.717) is 5.41 Å². The summed E-state index contributed by atoms with van der Waals surface area (Å²) in [6, 6.07) is 6.29. The molecule has 5 heteroatoms. The first kappa shape index (κ1) is 18.4. The minimum absolute atomic E-state index is 0. The molecule has 2 aliphatic rings. The second-order valence-electron chi connectivity index (χ2n) is 6.73. The van der Waals surface area contributed by atoms with Gasteiger partial charge in [-0.3, -0.25) is 4.99 Å². The van der Waals surface area contributed by atoms with Crippen LogP contribution in [-0.2, 0) is 6.54 Å². The molecule has 1 aromatic carbocycles. The highest BCUT2D eigenvalue weighted by atomic mass is 127. The fraction of sp³-hybridized carbons (Fsp3) is 0.611. The fourth-order valence-corrected chi connectivity index (χ4v) is 3.24. The first-order valence-corrected chi connectivity index (χ1v) is 8.25. The van der Waals surface area contributed by atoms with Crippen LogP contribution in [0.25, 0.3) is 0 Å². The second kappa shape index (κ2) is 7.73. The SMILES string of the molecule is CN=C(NCc1ccc(C)cc1OC)NCC1(C2CC2)CC1.I. The van der Waals surface area contributed by atoms with Crippen molar-refractivity contribution < 1.29 is 4.74 Å². The van der Waals surface area contributed by atoms with Gasteiger partial charge in [-0.2, -0.15) is 0 Å². The number of hydrogen-bond donors (Lipinski definition) is 2. The maximum Gasteiger partial charge on any atom is 0.191 e. The molecule has 2 fully saturated rings. The number of nitrogens with zero attached hydrogens (tertiary/aromatic N) is 1. The Morgan fingerprint density at radius 1 is 1.30 bits per heavy atom. The quantitative estimate of drug-likeness (QED) is 0.414. The first-order valence-electron chi connectivity index (χ1n) is 8.25. The standard InChI is InChI=1S/C18H27N3O.HI/c1-13-4-5-14(16(10-13)22-3)11-20-17(19-2)21-12-18(8-9-18)15-6-7-15;/h4-5,10,15H,6-9,11-12H2,1-3H3,(H2,19,20,21);1H. The maximum absolute atomic E-state index is 5.46. The Bertz CT molecular complexity index is 565. The highest BCUT2D eigenvalue weighted by Gasteiger charge is 2.53. The van der Waals surface area contributed by atoms with E-state index in [2.05, 4.69) is 40.7 Å². The van der Waals surface area contributed by atoms with Crippen molar-refractivity contribution in [1.82, 2.24) is 10.6 Å². The molecule has 1 aromatic rings. The molecular formula is C18H28IN3O. The zero-order valence-electron chi connectivity index (χ0n) is 14.3. The van der Waals surface area contributed by atoms with E-state index < -0.39 is 0 Å². The predicted octanol–water partition coefficient (Wildman–Crippen LogP) is 3.48. The Balaban J connectivity index is 0.00000192. The largest absolute Gasteiger partial charge is 0.496 e. The maximum atomic E-state index is 5.46. The van der Waals surface area contributed by atoms with Crippen molar-refractivity contribution in [2.24, 2.45) is 16.3 Å². The van der Waals surface area contributed by atoms with Gasteiger partial charge in [0, 0.05) is 25.7 Å². The number of nitrogens with one attached hydrogen (secondary N) is 2. The summed E-state index contributed by atoms with van der Waals surface area (Å²) >= 11 is 0. The molecule has 0 radical (unpaired) electrons. The Morgan fingerprint density at radius 3 is 2.61 bits per heavy atom. The molecule has 0 unspecified atom stereocenters. The van der Waals surface area contributed by atoms with Gasteiger partial charge in [0.15, 0.2) is 5.96 Å². The van der Waals surface area contributed by atoms with E-state index in [-0.39, 0.29) is 24.0 Å². The van der Waals surface area contributed by atoms with Crippen LogP contribution >= 0.6 is 24.0 Å². The lowest BCUT2D eigenvalue weighted by atomic mass is 10.0. The van der Waals surface area contributed by atoms with Crippen molar-refractivity contribution in [3.63, 3.8) is 0 Å². The predicted molar refractivity (Wildman–Crippen MR) is 106 cm³/mol. The van der Waals surface area contributed by atoms with Crippen molar-refractivity contribution in [2.75, 3.05) is 20.7 Å². The molecule has 0 aromatic heterocycles. The number of methoxy groups -OCH3 is 1. The van der Waals surface area contributed by atoms with E-state index in [1.807, 2.05) is 7.05 Å². The summed E-state index contributed by atoms with van der Waals surface area (Å²) in [5, 5.41) is 6.91. The highest BCUT2D eigenvalue weighted by molar-refractivity contribution is 14.0. The van der Waals surface area contributed by atoms with Crippen molar-refractivity contribution in [1.29, 1.82) is 0 Å². The van der Waals surface area contributed by atoms with E-state index >= 15 is 0 Å². The smallest absolute Gasteiger partial charge is 0.191 e. The van der Waals surface area contributed by atoms with Gasteiger partial charge in [0.2, 0.25) is 0 Å². The Kier molecular flexibility index (Phi) is 6.17. The minimum Gasteiger partial charge on any atom is -0.496 e. The van der Waals surface area contributed by atoms with Crippen LogP contribution in [0, 0.1) is 18.3 Å². The molecule has 128 valence electrons. The summed E-state index contributed by atoms with van der Waals surface area (Å²) in [6.07, 6.45) is 5.61. The van der Waals surface area contributed by atoms with Crippen molar-refractivity contribution in [2.45, 2.75) is 39.2 Å². The van der Waals surface area contributed by atoms with Crippen molar-refractivity contribution >= 4 is 29.9 Å². The fourth-order valence-electron chi connectivity index (χ4n) is 3.24. The molecule has 0 atom stereocenters. The van der Waals surface area contributed by atoms with Gasteiger partial charge >= 0.3 is 0 Å². The van der Waals surface area contributed by atoms with Crippen LogP contribution in [0.3, 0.4) is 0 Å². The Hall–Kier alpha value is -0.980. The number of aryl methyl sites for hydroxylation is 1. The van der Waals surface area contributed by atoms with E-state index in [1.165, 1.54) is 31.2 Å². The summed E-state index contributed by atoms with van der Waals surface area (Å²) in [5.74, 6) is 2.78. The summed E-state index contributed by atoms with van der Waals surface area (Å²) < 4.78 is 5.46. The van der Waals surface area contributed by atoms with E-state index in [0.717, 1.165) is 36.3 Å². The summed E-state index contributed by atoms with van der Waals surface area (Å²) in [6.45, 7) is 3.86. The number of halogens is 1. The average molecular weight is 429 g/mol. The molecule has 0 saturated heterocycles. The summed E-state index contributed by atoms with van der Waals surface area (Å²) in [5.41, 5.74) is 2.95. The molecule has 0 amide bonds. The second-order valence-corrected chi connectivity index (χ2v) is 6.73. The zero-order chi connectivity index (χ0) is 15.6. The molecule has 23 heavy (non-hydrogen) atoms. The average Bonchev–Trinajstić information content (AvgIpc) is 3.40. The van der Waals surface area contributed by atoms with Crippen LogP contribution in [0.15, 0.2) is 23.2 Å². The topological polar surface area (TPSA) is 45.7 Å². The van der Waals surface area contributed by atoms with Gasteiger partial charge in [-0.1, -0.05) is 12.1 Å². The van der Waals surface area contributed by atoms with Crippen LogP contribution in [-0.4, -0.2) is 26.7 Å². The number of rotatable bonds is 6. The lowest BCUT2D eigenvalue weighted by Gasteiger charge is -2.18. The number of hydrogen-bond acceptors (Lipinski definition) is 2. The van der Waals surface area contributed by atoms with Crippen LogP contribution in [0.1, 0.15) is 36.8 Å². The molecule has 0 aliphatic heterocycles. The summed E-state index contributed by atoms with van der Waals surface area (Å²) in [4.78, 5) is 4.34. The third-order valence-electron chi connectivity index (χ3n) is 5.06. The van der Waals surface area contributed by atoms with Gasteiger partial charge in [-0.05, 0) is 55.6 Å². The number of guanidine groups is 1. The molecule has 4 nitrogen and oxygen atoms in total. The number of aliphatic imine (C=N–C) groups is 1. The molecule has 2 N–H and O–H groups in total. The molecule has 0 bridgehead atoms. The summed E-state index contributed by atoms with van der Waals surface area (Å²) in [7, 11) is 3.55. The van der Waals surface area contributed by atoms with Gasteiger partial charge in [0.05, 0.1) is 7.11 Å².